The van der Waals surface area contributed by atoms with Crippen LogP contribution in [0.5, 0.6) is 0 Å². The zero-order valence-electron chi connectivity index (χ0n) is 22.1. The Kier molecular flexibility index (Phi) is 6.44. The Bertz CT molecular complexity index is 1890. The van der Waals surface area contributed by atoms with Crippen LogP contribution < -0.4 is 10.6 Å². The number of piperidine rings is 1. The van der Waals surface area contributed by atoms with E-state index in [-0.39, 0.29) is 11.7 Å². The SMILES string of the molecule is O=C(CC1CCNCC1)Nc1cncc(-c2cnc3n[nH]c(-c4cc5c(-c6cccc(F)c6)ccnc5[nH]4)c3c2)c1. The van der Waals surface area contributed by atoms with Gasteiger partial charge in [0, 0.05) is 46.9 Å². The molecule has 0 atom stereocenters. The highest BCUT2D eigenvalue weighted by Gasteiger charge is 2.18. The van der Waals surface area contributed by atoms with Gasteiger partial charge in [0.1, 0.15) is 11.5 Å². The van der Waals surface area contributed by atoms with E-state index in [1.54, 1.807) is 30.9 Å². The first-order valence-electron chi connectivity index (χ1n) is 13.6. The summed E-state index contributed by atoms with van der Waals surface area (Å²) in [7, 11) is 0. The molecule has 10 heteroatoms. The molecule has 7 rings (SSSR count). The van der Waals surface area contributed by atoms with Gasteiger partial charge in [0.2, 0.25) is 5.91 Å². The second-order valence-electron chi connectivity index (χ2n) is 10.4. The summed E-state index contributed by atoms with van der Waals surface area (Å²) in [6.45, 7) is 1.92. The molecule has 1 amide bonds. The second-order valence-corrected chi connectivity index (χ2v) is 10.4. The normalized spacial score (nSPS) is 14.1. The summed E-state index contributed by atoms with van der Waals surface area (Å²) < 4.78 is 13.9. The Labute approximate surface area is 234 Å². The lowest BCUT2D eigenvalue weighted by Gasteiger charge is -2.21. The van der Waals surface area contributed by atoms with Crippen molar-refractivity contribution in [3.8, 4) is 33.6 Å². The quantitative estimate of drug-likeness (QED) is 0.213. The number of amides is 1. The van der Waals surface area contributed by atoms with Crippen molar-refractivity contribution >= 4 is 33.7 Å². The minimum absolute atomic E-state index is 0.00609. The number of aromatic nitrogens is 6. The smallest absolute Gasteiger partial charge is 0.224 e. The first-order chi connectivity index (χ1) is 20.1. The van der Waals surface area contributed by atoms with Crippen LogP contribution in [0.25, 0.3) is 55.7 Å². The number of benzene rings is 1. The van der Waals surface area contributed by atoms with Crippen LogP contribution in [0.1, 0.15) is 19.3 Å². The monoisotopic (exact) mass is 546 g/mol. The van der Waals surface area contributed by atoms with Crippen LogP contribution in [0.2, 0.25) is 0 Å². The number of carbonyl (C=O) groups excluding carboxylic acids is 1. The number of fused-ring (bicyclic) bond motifs is 2. The van der Waals surface area contributed by atoms with E-state index in [1.165, 1.54) is 12.1 Å². The molecular weight excluding hydrogens is 519 g/mol. The average Bonchev–Trinajstić information content (AvgIpc) is 3.61. The molecule has 4 N–H and O–H groups in total. The van der Waals surface area contributed by atoms with Gasteiger partial charge in [-0.25, -0.2) is 14.4 Å². The molecule has 1 aliphatic heterocycles. The Morgan fingerprint density at radius 2 is 1.83 bits per heavy atom. The van der Waals surface area contributed by atoms with Crippen molar-refractivity contribution in [3.05, 3.63) is 79.1 Å². The number of nitrogens with one attached hydrogen (secondary N) is 4. The van der Waals surface area contributed by atoms with Gasteiger partial charge in [-0.15, -0.1) is 0 Å². The minimum atomic E-state index is -0.290. The fourth-order valence-electron chi connectivity index (χ4n) is 5.56. The summed E-state index contributed by atoms with van der Waals surface area (Å²) in [6, 6.07) is 14.3. The third-order valence-corrected chi connectivity index (χ3v) is 7.63. The van der Waals surface area contributed by atoms with Crippen molar-refractivity contribution < 1.29 is 9.18 Å². The van der Waals surface area contributed by atoms with E-state index >= 15 is 0 Å². The van der Waals surface area contributed by atoms with Gasteiger partial charge < -0.3 is 15.6 Å². The summed E-state index contributed by atoms with van der Waals surface area (Å²) in [5.41, 5.74) is 6.79. The Balaban J connectivity index is 1.19. The third-order valence-electron chi connectivity index (χ3n) is 7.63. The molecule has 0 aliphatic carbocycles. The maximum Gasteiger partial charge on any atom is 0.224 e. The lowest BCUT2D eigenvalue weighted by atomic mass is 9.94. The Hall–Kier alpha value is -4.96. The number of pyridine rings is 3. The first-order valence-corrected chi connectivity index (χ1v) is 13.6. The average molecular weight is 547 g/mol. The van der Waals surface area contributed by atoms with E-state index in [9.17, 15) is 9.18 Å². The second kappa shape index (κ2) is 10.5. The van der Waals surface area contributed by atoms with Gasteiger partial charge in [-0.2, -0.15) is 5.10 Å². The fraction of sp³-hybridized carbons (Fsp3) is 0.194. The number of aromatic amines is 2. The lowest BCUT2D eigenvalue weighted by molar-refractivity contribution is -0.117. The topological polar surface area (TPSA) is 124 Å². The van der Waals surface area contributed by atoms with Crippen molar-refractivity contribution in [3.63, 3.8) is 0 Å². The molecule has 1 aliphatic rings. The van der Waals surface area contributed by atoms with E-state index in [0.29, 0.717) is 29.3 Å². The van der Waals surface area contributed by atoms with Gasteiger partial charge >= 0.3 is 0 Å². The summed E-state index contributed by atoms with van der Waals surface area (Å²) in [5, 5.41) is 15.5. The van der Waals surface area contributed by atoms with E-state index in [2.05, 4.69) is 40.8 Å². The molecule has 0 saturated carbocycles. The highest BCUT2D eigenvalue weighted by atomic mass is 19.1. The highest BCUT2D eigenvalue weighted by molar-refractivity contribution is 6.00. The molecule has 41 heavy (non-hydrogen) atoms. The lowest BCUT2D eigenvalue weighted by Crippen LogP contribution is -2.30. The van der Waals surface area contributed by atoms with E-state index < -0.39 is 0 Å². The molecule has 6 heterocycles. The number of halogens is 1. The van der Waals surface area contributed by atoms with Crippen molar-refractivity contribution in [2.75, 3.05) is 18.4 Å². The van der Waals surface area contributed by atoms with Crippen LogP contribution in [-0.4, -0.2) is 49.1 Å². The predicted octanol–water partition coefficient (Wildman–Crippen LogP) is 5.70. The van der Waals surface area contributed by atoms with Gasteiger partial charge in [0.25, 0.3) is 0 Å². The maximum absolute atomic E-state index is 13.9. The third kappa shape index (κ3) is 5.05. The number of hydrogen-bond acceptors (Lipinski definition) is 6. The van der Waals surface area contributed by atoms with Crippen molar-refractivity contribution in [1.29, 1.82) is 0 Å². The van der Waals surface area contributed by atoms with Crippen molar-refractivity contribution in [1.82, 2.24) is 35.5 Å². The van der Waals surface area contributed by atoms with Gasteiger partial charge in [-0.1, -0.05) is 12.1 Å². The van der Waals surface area contributed by atoms with Crippen LogP contribution >= 0.6 is 0 Å². The number of carbonyl (C=O) groups is 1. The minimum Gasteiger partial charge on any atom is -0.338 e. The summed E-state index contributed by atoms with van der Waals surface area (Å²) in [5.74, 6) is 0.121. The molecule has 0 radical (unpaired) electrons. The van der Waals surface area contributed by atoms with Crippen molar-refractivity contribution in [2.24, 2.45) is 5.92 Å². The zero-order chi connectivity index (χ0) is 27.8. The number of H-pyrrole nitrogens is 2. The first kappa shape index (κ1) is 25.0. The molecule has 5 aromatic heterocycles. The molecular formula is C31H27FN8O. The van der Waals surface area contributed by atoms with Gasteiger partial charge in [0.15, 0.2) is 5.65 Å². The van der Waals surface area contributed by atoms with Crippen molar-refractivity contribution in [2.45, 2.75) is 19.3 Å². The number of anilines is 1. The molecule has 1 saturated heterocycles. The Morgan fingerprint density at radius 1 is 0.951 bits per heavy atom. The van der Waals surface area contributed by atoms with Crippen LogP contribution in [0.4, 0.5) is 10.1 Å². The molecule has 0 unspecified atom stereocenters. The van der Waals surface area contributed by atoms with Gasteiger partial charge in [-0.3, -0.25) is 14.9 Å². The van der Waals surface area contributed by atoms with E-state index in [4.69, 9.17) is 0 Å². The molecule has 204 valence electrons. The molecule has 9 nitrogen and oxygen atoms in total. The zero-order valence-corrected chi connectivity index (χ0v) is 22.1. The predicted molar refractivity (Wildman–Crippen MR) is 156 cm³/mol. The standard InChI is InChI=1S/C31H27FN8O/c32-22-3-1-2-19(11-22)24-6-9-35-30-25(24)14-27(38-30)29-26-13-21(16-36-31(26)40-39-29)20-12-23(17-34-15-20)37-28(41)10-18-4-7-33-8-5-18/h1-3,6,9,11-18,33H,4-5,7-8,10H2,(H,35,38)(H,37,41)(H,36,39,40). The van der Waals surface area contributed by atoms with E-state index in [0.717, 1.165) is 70.3 Å². The molecule has 1 fully saturated rings. The largest absolute Gasteiger partial charge is 0.338 e. The number of hydrogen-bond donors (Lipinski definition) is 4. The summed E-state index contributed by atoms with van der Waals surface area (Å²) in [6.07, 6.45) is 9.41. The summed E-state index contributed by atoms with van der Waals surface area (Å²) >= 11 is 0. The molecule has 0 bridgehead atoms. The van der Waals surface area contributed by atoms with E-state index in [1.807, 2.05) is 30.3 Å². The molecule has 6 aromatic rings. The number of nitrogens with zero attached hydrogens (tertiary/aromatic N) is 4. The van der Waals surface area contributed by atoms with Crippen LogP contribution in [-0.2, 0) is 4.79 Å². The maximum atomic E-state index is 13.9. The highest BCUT2D eigenvalue weighted by Crippen LogP contribution is 2.34. The molecule has 0 spiro atoms. The summed E-state index contributed by atoms with van der Waals surface area (Å²) in [4.78, 5) is 29.5. The molecule has 1 aromatic carbocycles. The number of rotatable bonds is 6. The Morgan fingerprint density at radius 3 is 2.71 bits per heavy atom. The van der Waals surface area contributed by atoms with Crippen LogP contribution in [0.3, 0.4) is 0 Å². The van der Waals surface area contributed by atoms with Gasteiger partial charge in [0.05, 0.1) is 23.3 Å². The van der Waals surface area contributed by atoms with Gasteiger partial charge in [-0.05, 0) is 79.4 Å². The van der Waals surface area contributed by atoms with Crippen LogP contribution in [0.15, 0.2) is 73.3 Å². The van der Waals surface area contributed by atoms with Crippen LogP contribution in [0, 0.1) is 11.7 Å². The fourth-order valence-corrected chi connectivity index (χ4v) is 5.56.